The molecule has 1 fully saturated rings. The first kappa shape index (κ1) is 10.0. The van der Waals surface area contributed by atoms with Crippen molar-refractivity contribution in [3.8, 4) is 12.1 Å². The van der Waals surface area contributed by atoms with Crippen molar-refractivity contribution in [2.24, 2.45) is 5.92 Å². The van der Waals surface area contributed by atoms with E-state index in [1.165, 1.54) is 0 Å². The molecular formula is C10H15N3. The third-order valence-corrected chi connectivity index (χ3v) is 2.63. The zero-order valence-electron chi connectivity index (χ0n) is 7.87. The molecule has 1 aliphatic heterocycles. The summed E-state index contributed by atoms with van der Waals surface area (Å²) in [5, 5.41) is 16.9. The Balaban J connectivity index is 2.16. The standard InChI is InChI=1S/C10H15N3/c11-5-1-7-13-8-3-10(2-6-12)4-9-13/h10H,1-4,7-9H2. The summed E-state index contributed by atoms with van der Waals surface area (Å²) in [4.78, 5) is 2.32. The second kappa shape index (κ2) is 5.56. The van der Waals surface area contributed by atoms with Crippen molar-refractivity contribution in [3.63, 3.8) is 0 Å². The van der Waals surface area contributed by atoms with Crippen LogP contribution in [0.2, 0.25) is 0 Å². The van der Waals surface area contributed by atoms with E-state index in [2.05, 4.69) is 17.0 Å². The fraction of sp³-hybridized carbons (Fsp3) is 0.800. The Morgan fingerprint density at radius 3 is 2.38 bits per heavy atom. The van der Waals surface area contributed by atoms with E-state index in [4.69, 9.17) is 10.5 Å². The molecule has 0 aromatic heterocycles. The maximum Gasteiger partial charge on any atom is 0.0635 e. The predicted octanol–water partition coefficient (Wildman–Crippen LogP) is 1.53. The maximum atomic E-state index is 8.52. The number of nitriles is 2. The van der Waals surface area contributed by atoms with Crippen LogP contribution in [-0.4, -0.2) is 24.5 Å². The lowest BCUT2D eigenvalue weighted by Crippen LogP contribution is -2.34. The summed E-state index contributed by atoms with van der Waals surface area (Å²) >= 11 is 0. The van der Waals surface area contributed by atoms with E-state index in [9.17, 15) is 0 Å². The Kier molecular flexibility index (Phi) is 4.29. The Hall–Kier alpha value is -1.06. The third kappa shape index (κ3) is 3.44. The van der Waals surface area contributed by atoms with Gasteiger partial charge in [0.2, 0.25) is 0 Å². The highest BCUT2D eigenvalue weighted by molar-refractivity contribution is 4.82. The van der Waals surface area contributed by atoms with Gasteiger partial charge >= 0.3 is 0 Å². The van der Waals surface area contributed by atoms with Gasteiger partial charge in [0.05, 0.1) is 12.1 Å². The van der Waals surface area contributed by atoms with Crippen LogP contribution in [0.1, 0.15) is 25.7 Å². The summed E-state index contributed by atoms with van der Waals surface area (Å²) in [5.41, 5.74) is 0. The van der Waals surface area contributed by atoms with Crippen molar-refractivity contribution < 1.29 is 0 Å². The SMILES string of the molecule is N#CCCN1CCC(CC#N)CC1. The normalized spacial score (nSPS) is 19.2. The van der Waals surface area contributed by atoms with Gasteiger partial charge in [0.15, 0.2) is 0 Å². The maximum absolute atomic E-state index is 8.52. The molecule has 0 saturated carbocycles. The van der Waals surface area contributed by atoms with E-state index in [1.54, 1.807) is 0 Å². The first-order valence-electron chi connectivity index (χ1n) is 4.83. The lowest BCUT2D eigenvalue weighted by molar-refractivity contribution is 0.189. The van der Waals surface area contributed by atoms with Crippen LogP contribution in [0.25, 0.3) is 0 Å². The number of hydrogen-bond donors (Lipinski definition) is 0. The van der Waals surface area contributed by atoms with Crippen LogP contribution in [0.4, 0.5) is 0 Å². The molecule has 1 saturated heterocycles. The number of nitrogens with zero attached hydrogens (tertiary/aromatic N) is 3. The van der Waals surface area contributed by atoms with Crippen molar-refractivity contribution in [2.45, 2.75) is 25.7 Å². The zero-order chi connectivity index (χ0) is 9.52. The molecular weight excluding hydrogens is 162 g/mol. The third-order valence-electron chi connectivity index (χ3n) is 2.63. The fourth-order valence-corrected chi connectivity index (χ4v) is 1.75. The van der Waals surface area contributed by atoms with Crippen molar-refractivity contribution in [3.05, 3.63) is 0 Å². The summed E-state index contributed by atoms with van der Waals surface area (Å²) in [6.07, 6.45) is 3.58. The average Bonchev–Trinajstić information content (AvgIpc) is 2.17. The minimum absolute atomic E-state index is 0.600. The van der Waals surface area contributed by atoms with Gasteiger partial charge in [-0.05, 0) is 31.8 Å². The van der Waals surface area contributed by atoms with E-state index in [-0.39, 0.29) is 0 Å². The highest BCUT2D eigenvalue weighted by atomic mass is 15.1. The van der Waals surface area contributed by atoms with Crippen LogP contribution in [0.5, 0.6) is 0 Å². The van der Waals surface area contributed by atoms with E-state index in [0.29, 0.717) is 18.8 Å². The molecule has 0 aromatic carbocycles. The molecule has 0 radical (unpaired) electrons. The summed E-state index contributed by atoms with van der Waals surface area (Å²) in [7, 11) is 0. The van der Waals surface area contributed by atoms with Crippen LogP contribution in [0, 0.1) is 28.6 Å². The molecule has 3 heteroatoms. The minimum atomic E-state index is 0.600. The molecule has 0 unspecified atom stereocenters. The van der Waals surface area contributed by atoms with Gasteiger partial charge in [-0.2, -0.15) is 10.5 Å². The fourth-order valence-electron chi connectivity index (χ4n) is 1.75. The van der Waals surface area contributed by atoms with Gasteiger partial charge in [-0.15, -0.1) is 0 Å². The Labute approximate surface area is 79.6 Å². The number of rotatable bonds is 3. The summed E-state index contributed by atoms with van der Waals surface area (Å²) < 4.78 is 0. The quantitative estimate of drug-likeness (QED) is 0.656. The smallest absolute Gasteiger partial charge is 0.0635 e. The van der Waals surface area contributed by atoms with Crippen molar-refractivity contribution in [1.82, 2.24) is 4.90 Å². The summed E-state index contributed by atoms with van der Waals surface area (Å²) in [6, 6.07) is 4.38. The first-order valence-corrected chi connectivity index (χ1v) is 4.83. The van der Waals surface area contributed by atoms with Crippen molar-refractivity contribution in [1.29, 1.82) is 10.5 Å². The molecule has 13 heavy (non-hydrogen) atoms. The number of likely N-dealkylation sites (tertiary alicyclic amines) is 1. The van der Waals surface area contributed by atoms with Crippen LogP contribution in [-0.2, 0) is 0 Å². The highest BCUT2D eigenvalue weighted by Crippen LogP contribution is 2.19. The number of piperidine rings is 1. The Morgan fingerprint density at radius 2 is 1.85 bits per heavy atom. The molecule has 70 valence electrons. The van der Waals surface area contributed by atoms with Gasteiger partial charge in [-0.3, -0.25) is 0 Å². The lowest BCUT2D eigenvalue weighted by atomic mass is 9.94. The van der Waals surface area contributed by atoms with Crippen LogP contribution in [0.15, 0.2) is 0 Å². The number of hydrogen-bond acceptors (Lipinski definition) is 3. The van der Waals surface area contributed by atoms with Gasteiger partial charge in [-0.1, -0.05) is 0 Å². The molecule has 0 spiro atoms. The van der Waals surface area contributed by atoms with Gasteiger partial charge < -0.3 is 4.90 Å². The zero-order valence-corrected chi connectivity index (χ0v) is 7.87. The van der Waals surface area contributed by atoms with Crippen molar-refractivity contribution >= 4 is 0 Å². The Morgan fingerprint density at radius 1 is 1.15 bits per heavy atom. The average molecular weight is 177 g/mol. The topological polar surface area (TPSA) is 50.8 Å². The van der Waals surface area contributed by atoms with Gasteiger partial charge in [0.1, 0.15) is 0 Å². The van der Waals surface area contributed by atoms with Gasteiger partial charge in [0, 0.05) is 19.4 Å². The summed E-state index contributed by atoms with van der Waals surface area (Å²) in [5.74, 6) is 0.600. The first-order chi connectivity index (χ1) is 6.36. The summed E-state index contributed by atoms with van der Waals surface area (Å²) in [6.45, 7) is 3.03. The molecule has 0 aromatic rings. The predicted molar refractivity (Wildman–Crippen MR) is 49.6 cm³/mol. The molecule has 0 aliphatic carbocycles. The molecule has 0 amide bonds. The van der Waals surface area contributed by atoms with Crippen molar-refractivity contribution in [2.75, 3.05) is 19.6 Å². The van der Waals surface area contributed by atoms with Crippen LogP contribution in [0.3, 0.4) is 0 Å². The minimum Gasteiger partial charge on any atom is -0.302 e. The lowest BCUT2D eigenvalue weighted by Gasteiger charge is -2.30. The molecule has 1 heterocycles. The van der Waals surface area contributed by atoms with E-state index >= 15 is 0 Å². The highest BCUT2D eigenvalue weighted by Gasteiger charge is 2.17. The second-order valence-corrected chi connectivity index (χ2v) is 3.56. The molecule has 0 N–H and O–H groups in total. The van der Waals surface area contributed by atoms with E-state index < -0.39 is 0 Å². The monoisotopic (exact) mass is 177 g/mol. The van der Waals surface area contributed by atoms with Crippen LogP contribution < -0.4 is 0 Å². The van der Waals surface area contributed by atoms with Gasteiger partial charge in [0.25, 0.3) is 0 Å². The molecule has 3 nitrogen and oxygen atoms in total. The second-order valence-electron chi connectivity index (χ2n) is 3.56. The largest absolute Gasteiger partial charge is 0.302 e. The molecule has 0 atom stereocenters. The van der Waals surface area contributed by atoms with Crippen LogP contribution >= 0.6 is 0 Å². The Bertz CT molecular complexity index is 215. The van der Waals surface area contributed by atoms with E-state index in [0.717, 1.165) is 32.5 Å². The molecule has 0 bridgehead atoms. The molecule has 1 aliphatic rings. The van der Waals surface area contributed by atoms with Gasteiger partial charge in [-0.25, -0.2) is 0 Å². The van der Waals surface area contributed by atoms with E-state index in [1.807, 2.05) is 0 Å². The molecule has 1 rings (SSSR count).